The first kappa shape index (κ1) is 12.9. The van der Waals surface area contributed by atoms with Gasteiger partial charge < -0.3 is 5.32 Å². The minimum Gasteiger partial charge on any atom is -0.350 e. The molecule has 0 aliphatic carbocycles. The van der Waals surface area contributed by atoms with Gasteiger partial charge in [0.15, 0.2) is 0 Å². The normalized spacial score (nSPS) is 10.3. The van der Waals surface area contributed by atoms with Crippen LogP contribution in [-0.2, 0) is 0 Å². The molecule has 0 aromatic heterocycles. The fourth-order valence-electron chi connectivity index (χ4n) is 1.63. The summed E-state index contributed by atoms with van der Waals surface area (Å²) in [5.74, 6) is -1.38. The summed E-state index contributed by atoms with van der Waals surface area (Å²) in [4.78, 5) is 9.99. The van der Waals surface area contributed by atoms with E-state index in [9.17, 15) is 18.9 Å². The van der Waals surface area contributed by atoms with Crippen molar-refractivity contribution in [3.05, 3.63) is 63.7 Å². The van der Waals surface area contributed by atoms with Gasteiger partial charge in [-0.1, -0.05) is 12.1 Å². The lowest BCUT2D eigenvalue weighted by Gasteiger charge is -2.08. The third-order valence-corrected chi connectivity index (χ3v) is 2.62. The summed E-state index contributed by atoms with van der Waals surface area (Å²) in [5.41, 5.74) is 0.0906. The Balaban J connectivity index is 2.40. The second-order valence-corrected chi connectivity index (χ2v) is 3.98. The van der Waals surface area contributed by atoms with Crippen molar-refractivity contribution >= 4 is 17.1 Å². The number of rotatable bonds is 3. The molecule has 1 N–H and O–H groups in total. The average molecular weight is 264 g/mol. The third kappa shape index (κ3) is 2.67. The molecule has 0 saturated carbocycles. The van der Waals surface area contributed by atoms with Gasteiger partial charge in [-0.05, 0) is 36.8 Å². The maximum absolute atomic E-state index is 13.4. The van der Waals surface area contributed by atoms with Crippen LogP contribution in [0.25, 0.3) is 0 Å². The van der Waals surface area contributed by atoms with Gasteiger partial charge in [-0.25, -0.2) is 4.39 Å². The van der Waals surface area contributed by atoms with Crippen molar-refractivity contribution in [2.24, 2.45) is 0 Å². The summed E-state index contributed by atoms with van der Waals surface area (Å²) in [5, 5.41) is 13.4. The molecule has 4 nitrogen and oxygen atoms in total. The number of hydrogen-bond acceptors (Lipinski definition) is 3. The summed E-state index contributed by atoms with van der Waals surface area (Å²) < 4.78 is 26.8. The second-order valence-electron chi connectivity index (χ2n) is 3.98. The smallest absolute Gasteiger partial charge is 0.327 e. The summed E-state index contributed by atoms with van der Waals surface area (Å²) in [6.45, 7) is 1.60. The van der Waals surface area contributed by atoms with Gasteiger partial charge in [0.1, 0.15) is 11.5 Å². The van der Waals surface area contributed by atoms with Gasteiger partial charge in [-0.2, -0.15) is 4.39 Å². The highest BCUT2D eigenvalue weighted by Gasteiger charge is 2.19. The topological polar surface area (TPSA) is 55.2 Å². The fraction of sp³-hybridized carbons (Fsp3) is 0.0769. The fourth-order valence-corrected chi connectivity index (χ4v) is 1.63. The zero-order valence-electron chi connectivity index (χ0n) is 9.98. The highest BCUT2D eigenvalue weighted by atomic mass is 19.1. The molecule has 0 unspecified atom stereocenters. The molecule has 0 bridgehead atoms. The van der Waals surface area contributed by atoms with E-state index in [0.29, 0.717) is 11.3 Å². The molecular formula is C13H10F2N2O2. The lowest BCUT2D eigenvalue weighted by atomic mass is 10.2. The second kappa shape index (κ2) is 5.01. The summed E-state index contributed by atoms with van der Waals surface area (Å²) in [7, 11) is 0. The first-order chi connectivity index (χ1) is 8.99. The van der Waals surface area contributed by atoms with Crippen molar-refractivity contribution in [1.29, 1.82) is 0 Å². The van der Waals surface area contributed by atoms with Gasteiger partial charge in [-0.15, -0.1) is 0 Å². The molecule has 2 aromatic rings. The number of anilines is 2. The molecule has 0 spiro atoms. The largest absolute Gasteiger partial charge is 0.350 e. The predicted molar refractivity (Wildman–Crippen MR) is 67.5 cm³/mol. The van der Waals surface area contributed by atoms with Gasteiger partial charge in [-0.3, -0.25) is 10.1 Å². The summed E-state index contributed by atoms with van der Waals surface area (Å²) >= 11 is 0. The van der Waals surface area contributed by atoms with Gasteiger partial charge in [0, 0.05) is 5.69 Å². The lowest BCUT2D eigenvalue weighted by molar-refractivity contribution is -0.386. The number of nitro benzene ring substituents is 1. The molecule has 2 aromatic carbocycles. The van der Waals surface area contributed by atoms with Crippen molar-refractivity contribution in [1.82, 2.24) is 0 Å². The minimum atomic E-state index is -0.942. The maximum atomic E-state index is 13.4. The molecule has 0 aliphatic rings. The Bertz CT molecular complexity index is 645. The van der Waals surface area contributed by atoms with Crippen molar-refractivity contribution in [3.63, 3.8) is 0 Å². The van der Waals surface area contributed by atoms with Crippen LogP contribution in [-0.4, -0.2) is 4.92 Å². The first-order valence-electron chi connectivity index (χ1n) is 5.45. The Hall–Kier alpha value is -2.50. The number of nitrogens with one attached hydrogen (secondary N) is 1. The highest BCUT2D eigenvalue weighted by molar-refractivity contribution is 5.69. The van der Waals surface area contributed by atoms with Crippen LogP contribution in [0.3, 0.4) is 0 Å². The molecule has 0 aliphatic heterocycles. The maximum Gasteiger partial charge on any atom is 0.327 e. The van der Waals surface area contributed by atoms with Gasteiger partial charge in [0.2, 0.25) is 5.82 Å². The van der Waals surface area contributed by atoms with Gasteiger partial charge >= 0.3 is 5.69 Å². The van der Waals surface area contributed by atoms with E-state index in [2.05, 4.69) is 5.32 Å². The molecule has 0 amide bonds. The average Bonchev–Trinajstić information content (AvgIpc) is 2.33. The SMILES string of the molecule is Cc1ccc(Nc2cccc(F)c2[N+](=O)[O-])cc1F. The first-order valence-corrected chi connectivity index (χ1v) is 5.45. The number of hydrogen-bond donors (Lipinski definition) is 1. The van der Waals surface area contributed by atoms with Crippen LogP contribution >= 0.6 is 0 Å². The Morgan fingerprint density at radius 3 is 2.53 bits per heavy atom. The Labute approximate surface area is 107 Å². The van der Waals surface area contributed by atoms with Crippen LogP contribution in [0.2, 0.25) is 0 Å². The van der Waals surface area contributed by atoms with E-state index in [-0.39, 0.29) is 5.69 Å². The number of nitro groups is 1. The van der Waals surface area contributed by atoms with Crippen LogP contribution < -0.4 is 5.32 Å². The number of para-hydroxylation sites is 1. The van der Waals surface area contributed by atoms with E-state index >= 15 is 0 Å². The zero-order valence-corrected chi connectivity index (χ0v) is 9.98. The standard InChI is InChI=1S/C13H10F2N2O2/c1-8-5-6-9(7-11(8)15)16-12-4-2-3-10(14)13(12)17(18)19/h2-7,16H,1H3. The lowest BCUT2D eigenvalue weighted by Crippen LogP contribution is -2.00. The summed E-state index contributed by atoms with van der Waals surface area (Å²) in [6.07, 6.45) is 0. The van der Waals surface area contributed by atoms with Crippen molar-refractivity contribution < 1.29 is 13.7 Å². The number of benzene rings is 2. The van der Waals surface area contributed by atoms with Crippen LogP contribution in [0.15, 0.2) is 36.4 Å². The third-order valence-electron chi connectivity index (χ3n) is 2.62. The summed E-state index contributed by atoms with van der Waals surface area (Å²) in [6, 6.07) is 7.99. The Morgan fingerprint density at radius 1 is 1.16 bits per heavy atom. The van der Waals surface area contributed by atoms with Crippen LogP contribution in [0, 0.1) is 28.7 Å². The van der Waals surface area contributed by atoms with Crippen LogP contribution in [0.5, 0.6) is 0 Å². The number of aryl methyl sites for hydroxylation is 1. The molecule has 0 saturated heterocycles. The molecule has 0 atom stereocenters. The molecule has 98 valence electrons. The number of nitrogens with zero attached hydrogens (tertiary/aromatic N) is 1. The van der Waals surface area contributed by atoms with Crippen molar-refractivity contribution in [2.45, 2.75) is 6.92 Å². The van der Waals surface area contributed by atoms with Crippen LogP contribution in [0.1, 0.15) is 5.56 Å². The minimum absolute atomic E-state index is 0.0201. The van der Waals surface area contributed by atoms with Gasteiger partial charge in [0.05, 0.1) is 4.92 Å². The van der Waals surface area contributed by atoms with Crippen LogP contribution in [0.4, 0.5) is 25.8 Å². The number of halogens is 2. The zero-order chi connectivity index (χ0) is 14.0. The quantitative estimate of drug-likeness (QED) is 0.675. The molecule has 19 heavy (non-hydrogen) atoms. The molecule has 0 heterocycles. The molecule has 2 rings (SSSR count). The highest BCUT2D eigenvalue weighted by Crippen LogP contribution is 2.30. The van der Waals surface area contributed by atoms with E-state index in [4.69, 9.17) is 0 Å². The van der Waals surface area contributed by atoms with E-state index < -0.39 is 22.2 Å². The van der Waals surface area contributed by atoms with E-state index in [1.54, 1.807) is 13.0 Å². The Morgan fingerprint density at radius 2 is 1.89 bits per heavy atom. The van der Waals surface area contributed by atoms with Crippen molar-refractivity contribution in [3.8, 4) is 0 Å². The van der Waals surface area contributed by atoms with Crippen molar-refractivity contribution in [2.75, 3.05) is 5.32 Å². The van der Waals surface area contributed by atoms with E-state index in [0.717, 1.165) is 6.07 Å². The monoisotopic (exact) mass is 264 g/mol. The van der Waals surface area contributed by atoms with E-state index in [1.165, 1.54) is 24.3 Å². The van der Waals surface area contributed by atoms with Gasteiger partial charge in [0.25, 0.3) is 0 Å². The molecule has 0 radical (unpaired) electrons. The molecular weight excluding hydrogens is 254 g/mol. The Kier molecular flexibility index (Phi) is 3.41. The van der Waals surface area contributed by atoms with E-state index in [1.807, 2.05) is 0 Å². The molecule has 0 fully saturated rings. The predicted octanol–water partition coefficient (Wildman–Crippen LogP) is 3.93. The molecule has 6 heteroatoms.